The number of hydrogen-bond acceptors (Lipinski definition) is 7. The molecule has 0 radical (unpaired) electrons. The largest absolute Gasteiger partial charge is 0.487 e. The molecular formula is C10H11N3O3S2. The Kier molecular flexibility index (Phi) is 3.48. The summed E-state index contributed by atoms with van der Waals surface area (Å²) in [6, 6.07) is 6.17. The van der Waals surface area contributed by atoms with Gasteiger partial charge in [0, 0.05) is 17.8 Å². The molecule has 2 N–H and O–H groups in total. The van der Waals surface area contributed by atoms with E-state index < -0.39 is 9.84 Å². The summed E-state index contributed by atoms with van der Waals surface area (Å²) in [6.07, 6.45) is 1.16. The van der Waals surface area contributed by atoms with Crippen molar-refractivity contribution in [1.29, 1.82) is 0 Å². The zero-order valence-electron chi connectivity index (χ0n) is 9.53. The first kappa shape index (κ1) is 12.8. The van der Waals surface area contributed by atoms with Crippen molar-refractivity contribution in [2.75, 3.05) is 12.0 Å². The maximum absolute atomic E-state index is 11.3. The summed E-state index contributed by atoms with van der Waals surface area (Å²) in [4.78, 5) is 0.254. The molecule has 0 aliphatic heterocycles. The molecule has 0 saturated heterocycles. The number of hydrogen-bond donors (Lipinski definition) is 1. The van der Waals surface area contributed by atoms with E-state index in [9.17, 15) is 8.42 Å². The van der Waals surface area contributed by atoms with E-state index in [1.807, 2.05) is 0 Å². The highest BCUT2D eigenvalue weighted by Gasteiger charge is 2.08. The quantitative estimate of drug-likeness (QED) is 0.904. The first-order valence-corrected chi connectivity index (χ1v) is 7.63. The molecular weight excluding hydrogens is 274 g/mol. The molecule has 0 amide bonds. The molecule has 0 bridgehead atoms. The molecule has 0 aliphatic rings. The van der Waals surface area contributed by atoms with Crippen LogP contribution in [0.25, 0.3) is 0 Å². The van der Waals surface area contributed by atoms with Gasteiger partial charge in [0.25, 0.3) is 0 Å². The zero-order chi connectivity index (χ0) is 13.2. The smallest absolute Gasteiger partial charge is 0.175 e. The fraction of sp³-hybridized carbons (Fsp3) is 0.200. The highest BCUT2D eigenvalue weighted by molar-refractivity contribution is 7.90. The normalized spacial score (nSPS) is 11.4. The minimum absolute atomic E-state index is 0.209. The van der Waals surface area contributed by atoms with Crippen LogP contribution < -0.4 is 10.5 Å². The second kappa shape index (κ2) is 4.91. The molecule has 1 aromatic heterocycles. The molecule has 1 aromatic carbocycles. The van der Waals surface area contributed by atoms with Gasteiger partial charge in [-0.15, -0.1) is 5.10 Å². The summed E-state index contributed by atoms with van der Waals surface area (Å²) in [7, 11) is -3.18. The molecule has 18 heavy (non-hydrogen) atoms. The average molecular weight is 285 g/mol. The summed E-state index contributed by atoms with van der Waals surface area (Å²) >= 11 is 1.10. The van der Waals surface area contributed by atoms with Crippen molar-refractivity contribution in [3.8, 4) is 5.75 Å². The standard InChI is InChI=1S/C10H11N3O3S2/c1-18(14,15)8-4-2-7(3-5-8)16-6-9-10(11)17-13-12-9/h2-5H,6,11H2,1H3. The Hall–Kier alpha value is -1.67. The highest BCUT2D eigenvalue weighted by atomic mass is 32.2. The number of sulfone groups is 1. The van der Waals surface area contributed by atoms with Crippen molar-refractivity contribution in [3.63, 3.8) is 0 Å². The topological polar surface area (TPSA) is 95.2 Å². The third kappa shape index (κ3) is 2.96. The van der Waals surface area contributed by atoms with E-state index in [-0.39, 0.29) is 11.5 Å². The maximum atomic E-state index is 11.3. The molecule has 0 saturated carbocycles. The summed E-state index contributed by atoms with van der Waals surface area (Å²) in [5.41, 5.74) is 6.20. The molecule has 0 unspecified atom stereocenters. The molecule has 6 nitrogen and oxygen atoms in total. The highest BCUT2D eigenvalue weighted by Crippen LogP contribution is 2.19. The van der Waals surface area contributed by atoms with Crippen LogP contribution in [0.3, 0.4) is 0 Å². The van der Waals surface area contributed by atoms with Crippen molar-refractivity contribution in [2.24, 2.45) is 0 Å². The predicted molar refractivity (Wildman–Crippen MR) is 68.2 cm³/mol. The molecule has 2 aromatic rings. The van der Waals surface area contributed by atoms with E-state index >= 15 is 0 Å². The van der Waals surface area contributed by atoms with Gasteiger partial charge in [-0.2, -0.15) is 0 Å². The third-order valence-electron chi connectivity index (χ3n) is 2.21. The Morgan fingerprint density at radius 1 is 1.33 bits per heavy atom. The van der Waals surface area contributed by atoms with E-state index in [0.29, 0.717) is 16.4 Å². The molecule has 1 heterocycles. The number of benzene rings is 1. The lowest BCUT2D eigenvalue weighted by atomic mass is 10.3. The van der Waals surface area contributed by atoms with Crippen LogP contribution in [-0.2, 0) is 16.4 Å². The monoisotopic (exact) mass is 285 g/mol. The Morgan fingerprint density at radius 3 is 2.50 bits per heavy atom. The molecule has 0 spiro atoms. The molecule has 0 atom stereocenters. The van der Waals surface area contributed by atoms with Gasteiger partial charge in [-0.1, -0.05) is 4.49 Å². The third-order valence-corrected chi connectivity index (χ3v) is 3.94. The van der Waals surface area contributed by atoms with Gasteiger partial charge in [-0.3, -0.25) is 0 Å². The van der Waals surface area contributed by atoms with E-state index in [4.69, 9.17) is 10.5 Å². The summed E-state index contributed by atoms with van der Waals surface area (Å²) in [6.45, 7) is 0.209. The number of ether oxygens (including phenoxy) is 1. The van der Waals surface area contributed by atoms with Gasteiger partial charge >= 0.3 is 0 Å². The van der Waals surface area contributed by atoms with Gasteiger partial charge in [0.15, 0.2) is 9.84 Å². The second-order valence-corrected chi connectivity index (χ2v) is 6.42. The zero-order valence-corrected chi connectivity index (χ0v) is 11.2. The van der Waals surface area contributed by atoms with Crippen LogP contribution in [0.4, 0.5) is 5.00 Å². The van der Waals surface area contributed by atoms with Crippen molar-refractivity contribution >= 4 is 26.4 Å². The Bertz CT molecular complexity index is 635. The minimum atomic E-state index is -3.18. The fourth-order valence-electron chi connectivity index (χ4n) is 1.25. The van der Waals surface area contributed by atoms with Gasteiger partial charge < -0.3 is 10.5 Å². The van der Waals surface area contributed by atoms with Gasteiger partial charge in [0.2, 0.25) is 0 Å². The second-order valence-electron chi connectivity index (χ2n) is 3.62. The predicted octanol–water partition coefficient (Wildman–Crippen LogP) is 1.10. The van der Waals surface area contributed by atoms with Gasteiger partial charge in [-0.25, -0.2) is 8.42 Å². The number of nitrogen functional groups attached to an aromatic ring is 1. The number of nitrogens with two attached hydrogens (primary N) is 1. The fourth-order valence-corrected chi connectivity index (χ4v) is 2.31. The number of anilines is 1. The SMILES string of the molecule is CS(=O)(=O)c1ccc(OCc2nnsc2N)cc1. The number of nitrogens with zero attached hydrogens (tertiary/aromatic N) is 2. The van der Waals surface area contributed by atoms with Crippen LogP contribution in [0.1, 0.15) is 5.69 Å². The molecule has 8 heteroatoms. The summed E-state index contributed by atoms with van der Waals surface area (Å²) in [5, 5.41) is 4.33. The maximum Gasteiger partial charge on any atom is 0.175 e. The first-order chi connectivity index (χ1) is 8.47. The molecule has 2 rings (SSSR count). The Balaban J connectivity index is 2.05. The van der Waals surface area contributed by atoms with E-state index in [2.05, 4.69) is 9.59 Å². The van der Waals surface area contributed by atoms with Crippen molar-refractivity contribution in [2.45, 2.75) is 11.5 Å². The van der Waals surface area contributed by atoms with Crippen LogP contribution in [0.5, 0.6) is 5.75 Å². The van der Waals surface area contributed by atoms with Crippen LogP contribution in [0.2, 0.25) is 0 Å². The van der Waals surface area contributed by atoms with Gasteiger partial charge in [0.05, 0.1) is 4.90 Å². The lowest BCUT2D eigenvalue weighted by Crippen LogP contribution is -2.00. The van der Waals surface area contributed by atoms with Crippen molar-refractivity contribution in [1.82, 2.24) is 9.59 Å². The lowest BCUT2D eigenvalue weighted by molar-refractivity contribution is 0.301. The van der Waals surface area contributed by atoms with Crippen molar-refractivity contribution < 1.29 is 13.2 Å². The van der Waals surface area contributed by atoms with E-state index in [0.717, 1.165) is 17.8 Å². The summed E-state index contributed by atoms with van der Waals surface area (Å²) in [5.74, 6) is 0.551. The number of aromatic nitrogens is 2. The number of rotatable bonds is 4. The van der Waals surface area contributed by atoms with Gasteiger partial charge in [0.1, 0.15) is 23.1 Å². The minimum Gasteiger partial charge on any atom is -0.487 e. The lowest BCUT2D eigenvalue weighted by Gasteiger charge is -2.05. The Morgan fingerprint density at radius 2 is 2.00 bits per heavy atom. The van der Waals surface area contributed by atoms with Crippen LogP contribution in [-0.4, -0.2) is 24.3 Å². The van der Waals surface area contributed by atoms with Crippen LogP contribution in [0.15, 0.2) is 29.2 Å². The molecule has 0 fully saturated rings. The van der Waals surface area contributed by atoms with Crippen LogP contribution in [0, 0.1) is 0 Å². The van der Waals surface area contributed by atoms with Crippen molar-refractivity contribution in [3.05, 3.63) is 30.0 Å². The van der Waals surface area contributed by atoms with E-state index in [1.165, 1.54) is 12.1 Å². The van der Waals surface area contributed by atoms with E-state index in [1.54, 1.807) is 12.1 Å². The average Bonchev–Trinajstić information content (AvgIpc) is 2.72. The molecule has 96 valence electrons. The van der Waals surface area contributed by atoms with Gasteiger partial charge in [-0.05, 0) is 24.3 Å². The Labute approximate surface area is 108 Å². The first-order valence-electron chi connectivity index (χ1n) is 4.96. The van der Waals surface area contributed by atoms with Crippen LogP contribution >= 0.6 is 11.5 Å². The summed E-state index contributed by atoms with van der Waals surface area (Å²) < 4.78 is 31.6. The molecule has 0 aliphatic carbocycles.